The summed E-state index contributed by atoms with van der Waals surface area (Å²) in [4.78, 5) is 8.38. The first kappa shape index (κ1) is 16.3. The van der Waals surface area contributed by atoms with Crippen molar-refractivity contribution in [2.24, 2.45) is 10.9 Å². The predicted molar refractivity (Wildman–Crippen MR) is 83.1 cm³/mol. The van der Waals surface area contributed by atoms with E-state index >= 15 is 0 Å². The van der Waals surface area contributed by atoms with Crippen molar-refractivity contribution in [3.05, 3.63) is 23.9 Å². The van der Waals surface area contributed by atoms with E-state index in [0.717, 1.165) is 30.4 Å². The first-order chi connectivity index (χ1) is 9.65. The summed E-state index contributed by atoms with van der Waals surface area (Å²) in [5.74, 6) is 2.20. The van der Waals surface area contributed by atoms with Crippen LogP contribution in [0.25, 0.3) is 0 Å². The molecule has 0 aliphatic rings. The molecule has 5 heteroatoms. The summed E-state index contributed by atoms with van der Waals surface area (Å²) < 4.78 is 5.03. The van der Waals surface area contributed by atoms with Crippen molar-refractivity contribution in [2.75, 3.05) is 20.7 Å². The van der Waals surface area contributed by atoms with Gasteiger partial charge in [0.15, 0.2) is 5.96 Å². The third-order valence-corrected chi connectivity index (χ3v) is 2.94. The molecule has 1 aromatic rings. The summed E-state index contributed by atoms with van der Waals surface area (Å²) in [6.45, 7) is 6.12. The molecule has 0 aliphatic carbocycles. The Morgan fingerprint density at radius 2 is 2.15 bits per heavy atom. The lowest BCUT2D eigenvalue weighted by Crippen LogP contribution is -2.37. The molecular weight excluding hydrogens is 252 g/mol. The summed E-state index contributed by atoms with van der Waals surface area (Å²) in [6, 6.07) is 3.85. The van der Waals surface area contributed by atoms with Crippen molar-refractivity contribution in [2.45, 2.75) is 33.2 Å². The van der Waals surface area contributed by atoms with Gasteiger partial charge in [-0.2, -0.15) is 0 Å². The van der Waals surface area contributed by atoms with Gasteiger partial charge in [-0.15, -0.1) is 0 Å². The Balaban J connectivity index is 2.30. The van der Waals surface area contributed by atoms with Crippen molar-refractivity contribution >= 4 is 5.96 Å². The van der Waals surface area contributed by atoms with Gasteiger partial charge >= 0.3 is 0 Å². The Morgan fingerprint density at radius 1 is 1.35 bits per heavy atom. The molecule has 0 saturated carbocycles. The maximum atomic E-state index is 5.03. The molecule has 1 rings (SSSR count). The number of nitrogens with one attached hydrogen (secondary N) is 2. The zero-order valence-corrected chi connectivity index (χ0v) is 12.9. The smallest absolute Gasteiger partial charge is 0.212 e. The molecule has 0 saturated heterocycles. The molecular formula is C15H26N4O. The highest BCUT2D eigenvalue weighted by atomic mass is 16.5. The van der Waals surface area contributed by atoms with Crippen LogP contribution in [0.15, 0.2) is 23.3 Å². The van der Waals surface area contributed by atoms with E-state index in [0.29, 0.717) is 12.4 Å². The maximum absolute atomic E-state index is 5.03. The summed E-state index contributed by atoms with van der Waals surface area (Å²) in [5, 5.41) is 6.58. The van der Waals surface area contributed by atoms with Gasteiger partial charge < -0.3 is 15.4 Å². The van der Waals surface area contributed by atoms with Crippen LogP contribution in [0.3, 0.4) is 0 Å². The van der Waals surface area contributed by atoms with Crippen LogP contribution in [0.4, 0.5) is 0 Å². The quantitative estimate of drug-likeness (QED) is 0.456. The van der Waals surface area contributed by atoms with Crippen LogP contribution in [-0.4, -0.2) is 31.6 Å². The Bertz CT molecular complexity index is 401. The summed E-state index contributed by atoms with van der Waals surface area (Å²) in [5.41, 5.74) is 1.09. The van der Waals surface area contributed by atoms with Crippen LogP contribution >= 0.6 is 0 Å². The summed E-state index contributed by atoms with van der Waals surface area (Å²) in [7, 11) is 3.40. The van der Waals surface area contributed by atoms with Gasteiger partial charge in [0, 0.05) is 32.4 Å². The van der Waals surface area contributed by atoms with Crippen molar-refractivity contribution in [3.8, 4) is 5.88 Å². The predicted octanol–water partition coefficient (Wildman–Crippen LogP) is 2.19. The van der Waals surface area contributed by atoms with Gasteiger partial charge in [0.2, 0.25) is 5.88 Å². The van der Waals surface area contributed by atoms with E-state index in [9.17, 15) is 0 Å². The molecule has 5 nitrogen and oxygen atoms in total. The fraction of sp³-hybridized carbons (Fsp3) is 0.600. The summed E-state index contributed by atoms with van der Waals surface area (Å²) in [6.07, 6.45) is 4.19. The van der Waals surface area contributed by atoms with E-state index in [-0.39, 0.29) is 0 Å². The van der Waals surface area contributed by atoms with Crippen molar-refractivity contribution in [3.63, 3.8) is 0 Å². The van der Waals surface area contributed by atoms with Crippen LogP contribution in [0, 0.1) is 5.92 Å². The molecule has 0 amide bonds. The number of guanidine groups is 1. The first-order valence-electron chi connectivity index (χ1n) is 7.09. The van der Waals surface area contributed by atoms with Gasteiger partial charge in [0.25, 0.3) is 0 Å². The number of nitrogens with zero attached hydrogens (tertiary/aromatic N) is 2. The zero-order valence-electron chi connectivity index (χ0n) is 12.9. The monoisotopic (exact) mass is 278 g/mol. The standard InChI is InChI=1S/C15H26N4O/c1-12(2)6-5-9-17-15(16-3)19-11-13-7-8-14(20-4)18-10-13/h7-8,10,12H,5-6,9,11H2,1-4H3,(H2,16,17,19). The highest BCUT2D eigenvalue weighted by molar-refractivity contribution is 5.79. The largest absolute Gasteiger partial charge is 0.481 e. The Hall–Kier alpha value is -1.78. The number of pyridine rings is 1. The van der Waals surface area contributed by atoms with Crippen LogP contribution in [-0.2, 0) is 6.54 Å². The number of aliphatic imine (C=N–C) groups is 1. The second kappa shape index (κ2) is 9.18. The molecule has 1 aromatic heterocycles. The number of hydrogen-bond acceptors (Lipinski definition) is 3. The Kier molecular flexibility index (Phi) is 7.47. The van der Waals surface area contributed by atoms with Crippen LogP contribution in [0.2, 0.25) is 0 Å². The van der Waals surface area contributed by atoms with Gasteiger partial charge in [-0.25, -0.2) is 4.98 Å². The highest BCUT2D eigenvalue weighted by Gasteiger charge is 2.00. The van der Waals surface area contributed by atoms with Crippen molar-refractivity contribution < 1.29 is 4.74 Å². The van der Waals surface area contributed by atoms with E-state index in [1.54, 1.807) is 20.4 Å². The number of aromatic nitrogens is 1. The lowest BCUT2D eigenvalue weighted by atomic mass is 10.1. The minimum atomic E-state index is 0.630. The molecule has 0 unspecified atom stereocenters. The average molecular weight is 278 g/mol. The second-order valence-electron chi connectivity index (χ2n) is 5.10. The Labute approximate surface area is 121 Å². The van der Waals surface area contributed by atoms with Gasteiger partial charge in [0.1, 0.15) is 0 Å². The average Bonchev–Trinajstić information content (AvgIpc) is 2.47. The molecule has 20 heavy (non-hydrogen) atoms. The third-order valence-electron chi connectivity index (χ3n) is 2.94. The molecule has 0 atom stereocenters. The molecule has 0 aliphatic heterocycles. The molecule has 2 N–H and O–H groups in total. The number of ether oxygens (including phenoxy) is 1. The molecule has 0 spiro atoms. The first-order valence-corrected chi connectivity index (χ1v) is 7.09. The normalized spacial score (nSPS) is 11.6. The second-order valence-corrected chi connectivity index (χ2v) is 5.10. The van der Waals surface area contributed by atoms with Crippen LogP contribution in [0.5, 0.6) is 5.88 Å². The molecule has 0 fully saturated rings. The lowest BCUT2D eigenvalue weighted by Gasteiger charge is -2.12. The number of hydrogen-bond donors (Lipinski definition) is 2. The SMILES string of the molecule is CN=C(NCCCC(C)C)NCc1ccc(OC)nc1. The topological polar surface area (TPSA) is 58.5 Å². The summed E-state index contributed by atoms with van der Waals surface area (Å²) >= 11 is 0. The van der Waals surface area contributed by atoms with E-state index in [1.807, 2.05) is 12.1 Å². The maximum Gasteiger partial charge on any atom is 0.212 e. The van der Waals surface area contributed by atoms with Gasteiger partial charge in [0.05, 0.1) is 7.11 Å². The Morgan fingerprint density at radius 3 is 2.70 bits per heavy atom. The van der Waals surface area contributed by atoms with Gasteiger partial charge in [-0.3, -0.25) is 4.99 Å². The number of rotatable bonds is 7. The molecule has 1 heterocycles. The third kappa shape index (κ3) is 6.41. The minimum Gasteiger partial charge on any atom is -0.481 e. The fourth-order valence-corrected chi connectivity index (χ4v) is 1.76. The van der Waals surface area contributed by atoms with E-state index < -0.39 is 0 Å². The van der Waals surface area contributed by atoms with Crippen LogP contribution < -0.4 is 15.4 Å². The number of methoxy groups -OCH3 is 1. The molecule has 0 bridgehead atoms. The van der Waals surface area contributed by atoms with Crippen molar-refractivity contribution in [1.82, 2.24) is 15.6 Å². The molecule has 112 valence electrons. The molecule has 0 aromatic carbocycles. The van der Waals surface area contributed by atoms with E-state index in [2.05, 4.69) is 34.5 Å². The van der Waals surface area contributed by atoms with E-state index in [1.165, 1.54) is 6.42 Å². The zero-order chi connectivity index (χ0) is 14.8. The van der Waals surface area contributed by atoms with Gasteiger partial charge in [-0.05, 0) is 24.3 Å². The lowest BCUT2D eigenvalue weighted by molar-refractivity contribution is 0.397. The fourth-order valence-electron chi connectivity index (χ4n) is 1.76. The van der Waals surface area contributed by atoms with E-state index in [4.69, 9.17) is 4.74 Å². The minimum absolute atomic E-state index is 0.630. The van der Waals surface area contributed by atoms with Crippen molar-refractivity contribution in [1.29, 1.82) is 0 Å². The highest BCUT2D eigenvalue weighted by Crippen LogP contribution is 2.06. The van der Waals surface area contributed by atoms with Gasteiger partial charge in [-0.1, -0.05) is 19.9 Å². The van der Waals surface area contributed by atoms with Crippen LogP contribution in [0.1, 0.15) is 32.3 Å². The molecule has 0 radical (unpaired) electrons.